The molecule has 0 amide bonds. The quantitative estimate of drug-likeness (QED) is 0.173. The van der Waals surface area contributed by atoms with Crippen molar-refractivity contribution in [3.8, 4) is 0 Å². The number of hydrogen-bond acceptors (Lipinski definition) is 12. The Kier molecular flexibility index (Phi) is 9.86. The van der Waals surface area contributed by atoms with Crippen molar-refractivity contribution in [1.29, 1.82) is 0 Å². The van der Waals surface area contributed by atoms with Crippen LogP contribution in [0.2, 0.25) is 0 Å². The Balaban J connectivity index is 1.61. The molecular weight excluding hydrogens is 556 g/mol. The maximum Gasteiger partial charge on any atom is 0.356 e. The van der Waals surface area contributed by atoms with Gasteiger partial charge in [-0.05, 0) is 40.5 Å². The van der Waals surface area contributed by atoms with Gasteiger partial charge >= 0.3 is 25.6 Å². The minimum atomic E-state index is -3.94. The molecule has 1 saturated heterocycles. The molecule has 2 aromatic rings. The van der Waals surface area contributed by atoms with Gasteiger partial charge in [-0.3, -0.25) is 18.7 Å². The molecule has 0 spiro atoms. The highest BCUT2D eigenvalue weighted by molar-refractivity contribution is 7.53. The lowest BCUT2D eigenvalue weighted by Gasteiger charge is -2.24. The molecule has 5 N–H and O–H groups in total. The highest BCUT2D eigenvalue weighted by atomic mass is 31.2. The Morgan fingerprint density at radius 3 is 2.27 bits per heavy atom. The highest BCUT2D eigenvalue weighted by Crippen LogP contribution is 2.49. The third-order valence-electron chi connectivity index (χ3n) is 6.60. The number of carboxylic acid groups (broad SMARTS) is 2. The van der Waals surface area contributed by atoms with E-state index in [1.54, 1.807) is 0 Å². The standard InChI is InChI=1S/C23H35FN5O10P/c1-22(2,19(31)32)5-7-37-40(35,38-8-6-23(3,4)20(33)34)12-36-10-13-9-14(30)18(39-13)29-11-26-15-16(25)27-21(24)28-17(15)29/h11,13-14,18,30H,5-10,12H2,1-4H3,(H,31,32)(H,33,34)(H2,25,27,28). The van der Waals surface area contributed by atoms with Crippen LogP contribution in [0.5, 0.6) is 0 Å². The van der Waals surface area contributed by atoms with Crippen LogP contribution >= 0.6 is 7.60 Å². The van der Waals surface area contributed by atoms with Crippen molar-refractivity contribution in [1.82, 2.24) is 19.5 Å². The molecule has 3 unspecified atom stereocenters. The largest absolute Gasteiger partial charge is 0.481 e. The van der Waals surface area contributed by atoms with Crippen LogP contribution < -0.4 is 5.73 Å². The van der Waals surface area contributed by atoms with Gasteiger partial charge in [0.1, 0.15) is 12.5 Å². The van der Waals surface area contributed by atoms with Crippen molar-refractivity contribution < 1.29 is 52.4 Å². The van der Waals surface area contributed by atoms with Crippen molar-refractivity contribution in [2.75, 3.05) is 31.9 Å². The first-order valence-corrected chi connectivity index (χ1v) is 14.2. The number of carboxylic acids is 2. The van der Waals surface area contributed by atoms with E-state index in [0.29, 0.717) is 0 Å². The summed E-state index contributed by atoms with van der Waals surface area (Å²) in [7, 11) is -3.94. The summed E-state index contributed by atoms with van der Waals surface area (Å²) in [5.41, 5.74) is 3.58. The van der Waals surface area contributed by atoms with Crippen molar-refractivity contribution >= 4 is 36.5 Å². The van der Waals surface area contributed by atoms with Gasteiger partial charge in [-0.25, -0.2) is 4.98 Å². The van der Waals surface area contributed by atoms with Gasteiger partial charge in [-0.15, -0.1) is 0 Å². The molecule has 0 aliphatic carbocycles. The zero-order valence-electron chi connectivity index (χ0n) is 22.6. The van der Waals surface area contributed by atoms with Crippen molar-refractivity contribution in [2.45, 2.75) is 65.4 Å². The first-order valence-electron chi connectivity index (χ1n) is 12.5. The van der Waals surface area contributed by atoms with Crippen LogP contribution in [0.25, 0.3) is 11.2 Å². The van der Waals surface area contributed by atoms with E-state index in [1.807, 2.05) is 0 Å². The number of aliphatic hydroxyl groups is 1. The summed E-state index contributed by atoms with van der Waals surface area (Å²) in [6.45, 7) is 5.42. The molecule has 0 aromatic carbocycles. The Morgan fingerprint density at radius 1 is 1.15 bits per heavy atom. The Hall–Kier alpha value is -2.75. The molecular formula is C23H35FN5O10P. The molecule has 2 aromatic heterocycles. The summed E-state index contributed by atoms with van der Waals surface area (Å²) in [4.78, 5) is 33.9. The molecule has 1 aliphatic heterocycles. The van der Waals surface area contributed by atoms with Gasteiger partial charge in [0.2, 0.25) is 0 Å². The maximum atomic E-state index is 13.7. The second-order valence-electron chi connectivity index (χ2n) is 10.8. The van der Waals surface area contributed by atoms with Gasteiger partial charge in [-0.2, -0.15) is 14.4 Å². The molecule has 40 heavy (non-hydrogen) atoms. The van der Waals surface area contributed by atoms with Gasteiger partial charge in [0.25, 0.3) is 0 Å². The number of ether oxygens (including phenoxy) is 2. The zero-order valence-corrected chi connectivity index (χ0v) is 23.5. The van der Waals surface area contributed by atoms with Crippen LogP contribution in [0.15, 0.2) is 6.33 Å². The number of rotatable bonds is 15. The van der Waals surface area contributed by atoms with Gasteiger partial charge in [0, 0.05) is 6.42 Å². The van der Waals surface area contributed by atoms with Crippen LogP contribution in [0, 0.1) is 16.9 Å². The second-order valence-corrected chi connectivity index (χ2v) is 12.8. The molecule has 15 nitrogen and oxygen atoms in total. The fraction of sp³-hybridized carbons (Fsp3) is 0.696. The number of nitrogens with zero attached hydrogens (tertiary/aromatic N) is 4. The van der Waals surface area contributed by atoms with Crippen LogP contribution in [-0.2, 0) is 32.7 Å². The van der Waals surface area contributed by atoms with Crippen molar-refractivity contribution in [3.05, 3.63) is 12.4 Å². The third kappa shape index (κ3) is 7.71. The number of aromatic nitrogens is 4. The lowest BCUT2D eigenvalue weighted by molar-refractivity contribution is -0.148. The molecule has 3 rings (SSSR count). The molecule has 0 radical (unpaired) electrons. The van der Waals surface area contributed by atoms with Crippen LogP contribution in [0.4, 0.5) is 10.2 Å². The minimum Gasteiger partial charge on any atom is -0.481 e. The molecule has 3 atom stereocenters. The van der Waals surface area contributed by atoms with Crippen LogP contribution in [0.3, 0.4) is 0 Å². The molecule has 224 valence electrons. The van der Waals surface area contributed by atoms with Crippen LogP contribution in [-0.4, -0.2) is 85.2 Å². The fourth-order valence-electron chi connectivity index (χ4n) is 3.69. The Bertz CT molecular complexity index is 1240. The molecule has 17 heteroatoms. The molecule has 1 aliphatic rings. The fourth-order valence-corrected chi connectivity index (χ4v) is 4.98. The first kappa shape index (κ1) is 31.8. The van der Waals surface area contributed by atoms with Gasteiger partial charge in [0.15, 0.2) is 23.2 Å². The SMILES string of the molecule is CC(C)(CCOP(=O)(COCC1CC(O)C(n2cnc3c(N)nc(F)nc32)O1)OCCC(C)(C)C(=O)O)C(=O)O. The molecule has 3 heterocycles. The summed E-state index contributed by atoms with van der Waals surface area (Å²) >= 11 is 0. The maximum absolute atomic E-state index is 13.7. The number of aliphatic carboxylic acids is 2. The third-order valence-corrected chi connectivity index (χ3v) is 8.25. The van der Waals surface area contributed by atoms with E-state index in [1.165, 1.54) is 38.6 Å². The van der Waals surface area contributed by atoms with Crippen molar-refractivity contribution in [3.63, 3.8) is 0 Å². The van der Waals surface area contributed by atoms with Crippen LogP contribution in [0.1, 0.15) is 53.2 Å². The number of halogens is 1. The predicted octanol–water partition coefficient (Wildman–Crippen LogP) is 2.40. The number of nitrogens with two attached hydrogens (primary N) is 1. The van der Waals surface area contributed by atoms with E-state index < -0.39 is 61.2 Å². The van der Waals surface area contributed by atoms with Gasteiger partial charge in [-0.1, -0.05) is 0 Å². The predicted molar refractivity (Wildman–Crippen MR) is 137 cm³/mol. The summed E-state index contributed by atoms with van der Waals surface area (Å²) in [6.07, 6.45) is -2.83. The number of imidazole rings is 1. The number of nitrogen functional groups attached to an aromatic ring is 1. The molecule has 0 saturated carbocycles. The van der Waals surface area contributed by atoms with E-state index in [-0.39, 0.29) is 56.1 Å². The van der Waals surface area contributed by atoms with E-state index in [2.05, 4.69) is 15.0 Å². The highest BCUT2D eigenvalue weighted by Gasteiger charge is 2.38. The summed E-state index contributed by atoms with van der Waals surface area (Å²) in [6, 6.07) is 0. The lowest BCUT2D eigenvalue weighted by atomic mass is 9.90. The summed E-state index contributed by atoms with van der Waals surface area (Å²) < 4.78 is 50.8. The van der Waals surface area contributed by atoms with Gasteiger partial charge in [0.05, 0.1) is 43.1 Å². The Morgan fingerprint density at radius 2 is 1.73 bits per heavy atom. The number of anilines is 1. The van der Waals surface area contributed by atoms with E-state index >= 15 is 0 Å². The average Bonchev–Trinajstić information content (AvgIpc) is 3.41. The second kappa shape index (κ2) is 12.4. The van der Waals surface area contributed by atoms with Gasteiger partial charge < -0.3 is 39.6 Å². The average molecular weight is 592 g/mol. The van der Waals surface area contributed by atoms with E-state index in [0.717, 1.165) is 0 Å². The topological polar surface area (TPSA) is 218 Å². The van der Waals surface area contributed by atoms with E-state index in [4.69, 9.17) is 24.3 Å². The monoisotopic (exact) mass is 591 g/mol. The number of fused-ring (bicyclic) bond motifs is 1. The number of carbonyl (C=O) groups is 2. The number of aliphatic hydroxyl groups excluding tert-OH is 1. The van der Waals surface area contributed by atoms with Crippen molar-refractivity contribution in [2.24, 2.45) is 10.8 Å². The minimum absolute atomic E-state index is 0.0312. The molecule has 1 fully saturated rings. The lowest BCUT2D eigenvalue weighted by Crippen LogP contribution is -2.26. The smallest absolute Gasteiger partial charge is 0.356 e. The first-order chi connectivity index (χ1) is 18.5. The number of hydrogen-bond donors (Lipinski definition) is 4. The zero-order chi connectivity index (χ0) is 29.9. The van der Waals surface area contributed by atoms with E-state index in [9.17, 15) is 33.9 Å². The Labute approximate surface area is 229 Å². The molecule has 0 bridgehead atoms. The normalized spacial score (nSPS) is 20.3. The summed E-state index contributed by atoms with van der Waals surface area (Å²) in [5.74, 6) is -2.27. The summed E-state index contributed by atoms with van der Waals surface area (Å²) in [5, 5.41) is 29.2.